The average molecular weight is 283 g/mol. The molecule has 0 saturated heterocycles. The highest BCUT2D eigenvalue weighted by molar-refractivity contribution is 5.92. The third-order valence-electron chi connectivity index (χ3n) is 3.34. The van der Waals surface area contributed by atoms with Crippen LogP contribution in [0.2, 0.25) is 0 Å². The maximum atomic E-state index is 12.0. The minimum atomic E-state index is -1.01. The van der Waals surface area contributed by atoms with Gasteiger partial charge >= 0.3 is 11.7 Å². The van der Waals surface area contributed by atoms with Gasteiger partial charge in [-0.1, -0.05) is 6.07 Å². The first-order valence-electron chi connectivity index (χ1n) is 6.51. The fourth-order valence-electron chi connectivity index (χ4n) is 2.29. The summed E-state index contributed by atoms with van der Waals surface area (Å²) in [6, 6.07) is 10.3. The van der Waals surface area contributed by atoms with Gasteiger partial charge in [-0.15, -0.1) is 0 Å². The van der Waals surface area contributed by atoms with Crippen LogP contribution >= 0.6 is 0 Å². The molecule has 3 aromatic rings. The number of nitrogens with zero attached hydrogens (tertiary/aromatic N) is 2. The van der Waals surface area contributed by atoms with Crippen LogP contribution in [0.25, 0.3) is 11.0 Å². The molecule has 6 heteroatoms. The van der Waals surface area contributed by atoms with E-state index in [4.69, 9.17) is 5.11 Å². The SMILES string of the molecule is O=C(O)c1ccc2c(c1)[nH]c(=O)n2CCc1ccccn1. The molecule has 3 rings (SSSR count). The maximum absolute atomic E-state index is 12.0. The lowest BCUT2D eigenvalue weighted by atomic mass is 10.2. The van der Waals surface area contributed by atoms with Gasteiger partial charge in [0.05, 0.1) is 16.6 Å². The first kappa shape index (κ1) is 13.1. The van der Waals surface area contributed by atoms with E-state index in [1.807, 2.05) is 18.2 Å². The number of pyridine rings is 1. The number of hydrogen-bond donors (Lipinski definition) is 2. The number of fused-ring (bicyclic) bond motifs is 1. The fourth-order valence-corrected chi connectivity index (χ4v) is 2.29. The zero-order valence-electron chi connectivity index (χ0n) is 11.1. The van der Waals surface area contributed by atoms with Crippen molar-refractivity contribution >= 4 is 17.0 Å². The Labute approximate surface area is 119 Å². The number of aryl methyl sites for hydroxylation is 2. The van der Waals surface area contributed by atoms with Crippen molar-refractivity contribution in [2.24, 2.45) is 0 Å². The van der Waals surface area contributed by atoms with E-state index in [1.165, 1.54) is 12.1 Å². The van der Waals surface area contributed by atoms with E-state index in [0.29, 0.717) is 24.0 Å². The van der Waals surface area contributed by atoms with E-state index in [9.17, 15) is 9.59 Å². The van der Waals surface area contributed by atoms with E-state index in [0.717, 1.165) is 5.69 Å². The molecule has 0 fully saturated rings. The largest absolute Gasteiger partial charge is 0.478 e. The van der Waals surface area contributed by atoms with Crippen LogP contribution in [0.1, 0.15) is 16.1 Å². The Morgan fingerprint density at radius 1 is 1.29 bits per heavy atom. The normalized spacial score (nSPS) is 10.9. The first-order valence-corrected chi connectivity index (χ1v) is 6.51. The maximum Gasteiger partial charge on any atom is 0.335 e. The molecule has 6 nitrogen and oxygen atoms in total. The van der Waals surface area contributed by atoms with E-state index in [1.54, 1.807) is 16.8 Å². The molecule has 2 heterocycles. The molecular formula is C15H13N3O3. The number of benzene rings is 1. The van der Waals surface area contributed by atoms with Gasteiger partial charge in [0.1, 0.15) is 0 Å². The number of H-pyrrole nitrogens is 1. The number of carboxylic acids is 1. The number of aromatic nitrogens is 3. The summed E-state index contributed by atoms with van der Waals surface area (Å²) < 4.78 is 1.59. The molecule has 0 amide bonds. The molecule has 0 aliphatic heterocycles. The van der Waals surface area contributed by atoms with Crippen molar-refractivity contribution in [2.45, 2.75) is 13.0 Å². The summed E-state index contributed by atoms with van der Waals surface area (Å²) in [6.45, 7) is 0.488. The zero-order valence-corrected chi connectivity index (χ0v) is 11.1. The Kier molecular flexibility index (Phi) is 3.27. The van der Waals surface area contributed by atoms with E-state index >= 15 is 0 Å². The second kappa shape index (κ2) is 5.24. The number of aromatic amines is 1. The Morgan fingerprint density at radius 3 is 2.86 bits per heavy atom. The quantitative estimate of drug-likeness (QED) is 0.762. The highest BCUT2D eigenvalue weighted by Gasteiger charge is 2.10. The fraction of sp³-hybridized carbons (Fsp3) is 0.133. The first-order chi connectivity index (χ1) is 10.1. The highest BCUT2D eigenvalue weighted by Crippen LogP contribution is 2.13. The molecule has 2 aromatic heterocycles. The lowest BCUT2D eigenvalue weighted by Crippen LogP contribution is -2.18. The van der Waals surface area contributed by atoms with E-state index in [2.05, 4.69) is 9.97 Å². The summed E-state index contributed by atoms with van der Waals surface area (Å²) in [7, 11) is 0. The Balaban J connectivity index is 1.93. The number of hydrogen-bond acceptors (Lipinski definition) is 3. The third kappa shape index (κ3) is 2.55. The summed E-state index contributed by atoms with van der Waals surface area (Å²) in [6.07, 6.45) is 2.35. The van der Waals surface area contributed by atoms with Crippen LogP contribution < -0.4 is 5.69 Å². The lowest BCUT2D eigenvalue weighted by molar-refractivity contribution is 0.0697. The van der Waals surface area contributed by atoms with Crippen LogP contribution in [-0.4, -0.2) is 25.6 Å². The van der Waals surface area contributed by atoms with Crippen molar-refractivity contribution in [1.82, 2.24) is 14.5 Å². The van der Waals surface area contributed by atoms with Crippen LogP contribution in [0, 0.1) is 0 Å². The predicted octanol–water partition coefficient (Wildman–Crippen LogP) is 1.67. The number of carboxylic acid groups (broad SMARTS) is 1. The van der Waals surface area contributed by atoms with Crippen molar-refractivity contribution in [3.05, 3.63) is 64.3 Å². The molecule has 0 unspecified atom stereocenters. The van der Waals surface area contributed by atoms with Gasteiger partial charge in [-0.2, -0.15) is 0 Å². The van der Waals surface area contributed by atoms with Crippen LogP contribution in [-0.2, 0) is 13.0 Å². The van der Waals surface area contributed by atoms with Gasteiger partial charge < -0.3 is 10.1 Å². The van der Waals surface area contributed by atoms with Crippen LogP contribution in [0.3, 0.4) is 0 Å². The molecular weight excluding hydrogens is 270 g/mol. The van der Waals surface area contributed by atoms with Crippen molar-refractivity contribution in [1.29, 1.82) is 0 Å². The predicted molar refractivity (Wildman–Crippen MR) is 77.5 cm³/mol. The third-order valence-corrected chi connectivity index (χ3v) is 3.34. The Hall–Kier alpha value is -2.89. The minimum absolute atomic E-state index is 0.153. The molecule has 0 radical (unpaired) electrons. The van der Waals surface area contributed by atoms with Gasteiger partial charge in [0, 0.05) is 24.9 Å². The summed E-state index contributed by atoms with van der Waals surface area (Å²) in [5, 5.41) is 8.97. The molecule has 0 saturated carbocycles. The topological polar surface area (TPSA) is 88.0 Å². The number of carbonyl (C=O) groups is 1. The summed E-state index contributed by atoms with van der Waals surface area (Å²) in [5.74, 6) is -1.01. The summed E-state index contributed by atoms with van der Waals surface area (Å²) in [4.78, 5) is 29.8. The van der Waals surface area contributed by atoms with Gasteiger partial charge in [-0.05, 0) is 30.3 Å². The molecule has 0 spiro atoms. The number of imidazole rings is 1. The van der Waals surface area contributed by atoms with Gasteiger partial charge in [-0.25, -0.2) is 9.59 Å². The number of aromatic carboxylic acids is 1. The van der Waals surface area contributed by atoms with Crippen molar-refractivity contribution < 1.29 is 9.90 Å². The zero-order chi connectivity index (χ0) is 14.8. The molecule has 0 aliphatic carbocycles. The summed E-state index contributed by atoms with van der Waals surface area (Å²) in [5.41, 5.74) is 2.03. The van der Waals surface area contributed by atoms with Crippen molar-refractivity contribution in [3.8, 4) is 0 Å². The second-order valence-corrected chi connectivity index (χ2v) is 4.69. The highest BCUT2D eigenvalue weighted by atomic mass is 16.4. The smallest absolute Gasteiger partial charge is 0.335 e. The van der Waals surface area contributed by atoms with Crippen molar-refractivity contribution in [2.75, 3.05) is 0 Å². The van der Waals surface area contributed by atoms with E-state index in [-0.39, 0.29) is 11.3 Å². The van der Waals surface area contributed by atoms with Gasteiger partial charge in [0.25, 0.3) is 0 Å². The van der Waals surface area contributed by atoms with Gasteiger partial charge in [-0.3, -0.25) is 9.55 Å². The molecule has 106 valence electrons. The molecule has 0 bridgehead atoms. The molecule has 2 N–H and O–H groups in total. The number of nitrogens with one attached hydrogen (secondary N) is 1. The van der Waals surface area contributed by atoms with Gasteiger partial charge in [0.15, 0.2) is 0 Å². The van der Waals surface area contributed by atoms with Gasteiger partial charge in [0.2, 0.25) is 0 Å². The minimum Gasteiger partial charge on any atom is -0.478 e. The monoisotopic (exact) mass is 283 g/mol. The molecule has 0 aliphatic rings. The standard InChI is InChI=1S/C15H13N3O3/c19-14(20)10-4-5-13-12(9-10)17-15(21)18(13)8-6-11-3-1-2-7-16-11/h1-5,7,9H,6,8H2,(H,17,21)(H,19,20). The second-order valence-electron chi connectivity index (χ2n) is 4.69. The van der Waals surface area contributed by atoms with Crippen LogP contribution in [0.15, 0.2) is 47.4 Å². The molecule has 1 aromatic carbocycles. The average Bonchev–Trinajstić information content (AvgIpc) is 2.80. The number of rotatable bonds is 4. The summed E-state index contributed by atoms with van der Waals surface area (Å²) >= 11 is 0. The Bertz CT molecular complexity index is 849. The van der Waals surface area contributed by atoms with E-state index < -0.39 is 5.97 Å². The Morgan fingerprint density at radius 2 is 2.14 bits per heavy atom. The van der Waals surface area contributed by atoms with Crippen LogP contribution in [0.5, 0.6) is 0 Å². The van der Waals surface area contributed by atoms with Crippen molar-refractivity contribution in [3.63, 3.8) is 0 Å². The van der Waals surface area contributed by atoms with Crippen LogP contribution in [0.4, 0.5) is 0 Å². The molecule has 0 atom stereocenters. The lowest BCUT2D eigenvalue weighted by Gasteiger charge is -2.03. The molecule has 21 heavy (non-hydrogen) atoms.